The lowest BCUT2D eigenvalue weighted by atomic mass is 10.2. The Morgan fingerprint density at radius 1 is 1.00 bits per heavy atom. The molecule has 0 bridgehead atoms. The summed E-state index contributed by atoms with van der Waals surface area (Å²) >= 11 is 0. The first-order chi connectivity index (χ1) is 13.6. The van der Waals surface area contributed by atoms with Gasteiger partial charge in [-0.15, -0.1) is 0 Å². The highest BCUT2D eigenvalue weighted by atomic mass is 16.5. The second-order valence-electron chi connectivity index (χ2n) is 7.00. The third kappa shape index (κ3) is 7.91. The summed E-state index contributed by atoms with van der Waals surface area (Å²) in [4.78, 5) is 12.2. The first-order valence-electron chi connectivity index (χ1n) is 10.1. The summed E-state index contributed by atoms with van der Waals surface area (Å²) < 4.78 is 11.5. The molecule has 152 valence electrons. The van der Waals surface area contributed by atoms with E-state index in [1.165, 1.54) is 19.3 Å². The van der Waals surface area contributed by atoms with Crippen LogP contribution < -0.4 is 20.1 Å². The van der Waals surface area contributed by atoms with Crippen molar-refractivity contribution in [2.45, 2.75) is 52.6 Å². The number of benzene rings is 2. The van der Waals surface area contributed by atoms with Gasteiger partial charge < -0.3 is 20.1 Å². The smallest absolute Gasteiger partial charge is 0.243 e. The molecule has 0 heterocycles. The summed E-state index contributed by atoms with van der Waals surface area (Å²) in [6.07, 6.45) is 4.81. The van der Waals surface area contributed by atoms with E-state index in [0.717, 1.165) is 35.9 Å². The summed E-state index contributed by atoms with van der Waals surface area (Å²) in [6.45, 7) is 7.04. The highest BCUT2D eigenvalue weighted by Gasteiger charge is 2.07. The highest BCUT2D eigenvalue weighted by molar-refractivity contribution is 5.94. The van der Waals surface area contributed by atoms with Crippen molar-refractivity contribution in [1.29, 1.82) is 0 Å². The first kappa shape index (κ1) is 21.6. The van der Waals surface area contributed by atoms with Gasteiger partial charge in [0.15, 0.2) is 0 Å². The molecular formula is C23H32N2O3. The number of unbranched alkanes of at least 4 members (excludes halogenated alkanes) is 3. The van der Waals surface area contributed by atoms with Gasteiger partial charge in [-0.05, 0) is 56.7 Å². The molecule has 0 aliphatic heterocycles. The molecule has 0 spiro atoms. The van der Waals surface area contributed by atoms with Crippen LogP contribution in [0.15, 0.2) is 48.5 Å². The predicted octanol–water partition coefficient (Wildman–Crippen LogP) is 5.48. The number of nitrogens with one attached hydrogen (secondary N) is 2. The second-order valence-corrected chi connectivity index (χ2v) is 7.00. The minimum absolute atomic E-state index is 0.0733. The van der Waals surface area contributed by atoms with Gasteiger partial charge in [-0.25, -0.2) is 0 Å². The summed E-state index contributed by atoms with van der Waals surface area (Å²) in [5, 5.41) is 6.02. The van der Waals surface area contributed by atoms with Gasteiger partial charge in [-0.3, -0.25) is 4.79 Å². The third-order valence-electron chi connectivity index (χ3n) is 4.09. The molecular weight excluding hydrogens is 352 g/mol. The molecule has 2 aromatic rings. The molecule has 1 amide bonds. The molecule has 28 heavy (non-hydrogen) atoms. The van der Waals surface area contributed by atoms with Crippen molar-refractivity contribution in [2.24, 2.45) is 0 Å². The molecule has 5 heteroatoms. The molecule has 0 saturated carbocycles. The highest BCUT2D eigenvalue weighted by Crippen LogP contribution is 2.24. The lowest BCUT2D eigenvalue weighted by Crippen LogP contribution is -2.22. The van der Waals surface area contributed by atoms with Crippen LogP contribution in [0, 0.1) is 0 Å². The number of para-hydroxylation sites is 2. The van der Waals surface area contributed by atoms with Crippen LogP contribution >= 0.6 is 0 Å². The molecule has 0 aliphatic carbocycles. The number of ether oxygens (including phenoxy) is 2. The fourth-order valence-electron chi connectivity index (χ4n) is 2.70. The van der Waals surface area contributed by atoms with Gasteiger partial charge in [0.1, 0.15) is 11.5 Å². The minimum atomic E-state index is -0.118. The van der Waals surface area contributed by atoms with E-state index >= 15 is 0 Å². The molecule has 2 aromatic carbocycles. The number of rotatable bonds is 12. The maximum atomic E-state index is 12.2. The van der Waals surface area contributed by atoms with Crippen molar-refractivity contribution >= 4 is 17.3 Å². The number of amides is 1. The van der Waals surface area contributed by atoms with E-state index < -0.39 is 0 Å². The number of anilines is 2. The Morgan fingerprint density at radius 3 is 2.46 bits per heavy atom. The Bertz CT molecular complexity index is 714. The Balaban J connectivity index is 1.77. The Hall–Kier alpha value is -2.69. The second kappa shape index (κ2) is 11.9. The number of hydrogen-bond donors (Lipinski definition) is 2. The van der Waals surface area contributed by atoms with Crippen LogP contribution in [0.4, 0.5) is 11.4 Å². The molecule has 0 aliphatic rings. The minimum Gasteiger partial charge on any atom is -0.494 e. The lowest BCUT2D eigenvalue weighted by molar-refractivity contribution is -0.114. The molecule has 2 N–H and O–H groups in total. The van der Waals surface area contributed by atoms with Crippen LogP contribution in [0.1, 0.15) is 46.5 Å². The van der Waals surface area contributed by atoms with E-state index in [-0.39, 0.29) is 18.6 Å². The fraction of sp³-hybridized carbons (Fsp3) is 0.435. The Kier molecular flexibility index (Phi) is 9.19. The molecule has 5 nitrogen and oxygen atoms in total. The summed E-state index contributed by atoms with van der Waals surface area (Å²) in [6, 6.07) is 15.1. The van der Waals surface area contributed by atoms with Gasteiger partial charge in [-0.1, -0.05) is 38.3 Å². The molecule has 0 radical (unpaired) electrons. The van der Waals surface area contributed by atoms with Crippen LogP contribution in [0.5, 0.6) is 11.5 Å². The normalized spacial score (nSPS) is 10.6. The first-order valence-corrected chi connectivity index (χ1v) is 10.1. The van der Waals surface area contributed by atoms with Gasteiger partial charge >= 0.3 is 0 Å². The van der Waals surface area contributed by atoms with Gasteiger partial charge in [0.25, 0.3) is 0 Å². The van der Waals surface area contributed by atoms with Crippen LogP contribution in [-0.2, 0) is 4.79 Å². The monoisotopic (exact) mass is 384 g/mol. The number of hydrogen-bond acceptors (Lipinski definition) is 4. The van der Waals surface area contributed by atoms with E-state index in [4.69, 9.17) is 9.47 Å². The van der Waals surface area contributed by atoms with Crippen LogP contribution in [-0.4, -0.2) is 25.2 Å². The van der Waals surface area contributed by atoms with Gasteiger partial charge in [0.05, 0.1) is 24.9 Å². The molecule has 0 aromatic heterocycles. The van der Waals surface area contributed by atoms with Crippen molar-refractivity contribution in [3.8, 4) is 11.5 Å². The Labute approximate surface area is 168 Å². The van der Waals surface area contributed by atoms with E-state index in [1.807, 2.05) is 62.4 Å². The van der Waals surface area contributed by atoms with Gasteiger partial charge in [-0.2, -0.15) is 0 Å². The van der Waals surface area contributed by atoms with Crippen molar-refractivity contribution in [2.75, 3.05) is 23.8 Å². The predicted molar refractivity (Wildman–Crippen MR) is 115 cm³/mol. The zero-order chi connectivity index (χ0) is 20.2. The Morgan fingerprint density at radius 2 is 1.75 bits per heavy atom. The average molecular weight is 385 g/mol. The van der Waals surface area contributed by atoms with E-state index in [2.05, 4.69) is 17.6 Å². The van der Waals surface area contributed by atoms with Crippen molar-refractivity contribution in [1.82, 2.24) is 0 Å². The van der Waals surface area contributed by atoms with Crippen LogP contribution in [0.25, 0.3) is 0 Å². The molecule has 2 rings (SSSR count). The number of carbonyl (C=O) groups excluding carboxylic acids is 1. The zero-order valence-corrected chi connectivity index (χ0v) is 17.2. The SMILES string of the molecule is CCCCCCOc1ccc(NC(=O)CNc2ccccc2OC(C)C)cc1. The quantitative estimate of drug-likeness (QED) is 0.476. The molecule has 0 saturated heterocycles. The molecule has 0 unspecified atom stereocenters. The lowest BCUT2D eigenvalue weighted by Gasteiger charge is -2.15. The summed E-state index contributed by atoms with van der Waals surface area (Å²) in [7, 11) is 0. The molecule has 0 atom stereocenters. The standard InChI is InChI=1S/C23H32N2O3/c1-4-5-6-9-16-27-20-14-12-19(13-15-20)25-23(26)17-24-21-10-7-8-11-22(21)28-18(2)3/h7-8,10-15,18,24H,4-6,9,16-17H2,1-3H3,(H,25,26). The van der Waals surface area contributed by atoms with E-state index in [9.17, 15) is 4.79 Å². The summed E-state index contributed by atoms with van der Waals surface area (Å²) in [5.41, 5.74) is 1.55. The maximum absolute atomic E-state index is 12.2. The zero-order valence-electron chi connectivity index (χ0n) is 17.2. The molecule has 0 fully saturated rings. The fourth-order valence-corrected chi connectivity index (χ4v) is 2.70. The van der Waals surface area contributed by atoms with E-state index in [1.54, 1.807) is 0 Å². The van der Waals surface area contributed by atoms with E-state index in [0.29, 0.717) is 0 Å². The van der Waals surface area contributed by atoms with Crippen LogP contribution in [0.3, 0.4) is 0 Å². The number of carbonyl (C=O) groups is 1. The van der Waals surface area contributed by atoms with Gasteiger partial charge in [0.2, 0.25) is 5.91 Å². The van der Waals surface area contributed by atoms with Crippen molar-refractivity contribution < 1.29 is 14.3 Å². The largest absolute Gasteiger partial charge is 0.494 e. The van der Waals surface area contributed by atoms with Crippen molar-refractivity contribution in [3.63, 3.8) is 0 Å². The van der Waals surface area contributed by atoms with Gasteiger partial charge in [0, 0.05) is 5.69 Å². The van der Waals surface area contributed by atoms with Crippen molar-refractivity contribution in [3.05, 3.63) is 48.5 Å². The maximum Gasteiger partial charge on any atom is 0.243 e. The van der Waals surface area contributed by atoms with Crippen LogP contribution in [0.2, 0.25) is 0 Å². The summed E-state index contributed by atoms with van der Waals surface area (Å²) in [5.74, 6) is 1.45. The third-order valence-corrected chi connectivity index (χ3v) is 4.09. The average Bonchev–Trinajstić information content (AvgIpc) is 2.68. The topological polar surface area (TPSA) is 59.6 Å².